The second-order valence-corrected chi connectivity index (χ2v) is 5.99. The molecule has 112 valence electrons. The van der Waals surface area contributed by atoms with Crippen LogP contribution in [0.4, 0.5) is 0 Å². The SMILES string of the molecule is NC(=O)C1CCCN1C(=O)C(N=P)C1CCC(O)CC1. The maximum Gasteiger partial charge on any atom is 0.248 e. The minimum Gasteiger partial charge on any atom is -0.393 e. The summed E-state index contributed by atoms with van der Waals surface area (Å²) in [6.07, 6.45) is 4.14. The van der Waals surface area contributed by atoms with Crippen LogP contribution < -0.4 is 5.73 Å². The van der Waals surface area contributed by atoms with Crippen molar-refractivity contribution in [3.05, 3.63) is 0 Å². The standard InChI is InChI=1S/C13H22N3O3P/c14-12(18)10-2-1-7-16(10)13(19)11(15-20)8-3-5-9(17)6-4-8/h8-11,17,20H,1-7H2,(H2,14,18). The van der Waals surface area contributed by atoms with Crippen molar-refractivity contribution in [2.45, 2.75) is 56.7 Å². The molecule has 0 spiro atoms. The normalized spacial score (nSPS) is 31.9. The molecule has 1 saturated heterocycles. The van der Waals surface area contributed by atoms with Crippen molar-refractivity contribution in [2.75, 3.05) is 6.54 Å². The Morgan fingerprint density at radius 1 is 1.25 bits per heavy atom. The molecule has 0 bridgehead atoms. The highest BCUT2D eigenvalue weighted by Crippen LogP contribution is 2.31. The lowest BCUT2D eigenvalue weighted by atomic mass is 9.82. The Morgan fingerprint density at radius 2 is 1.90 bits per heavy atom. The third-order valence-electron chi connectivity index (χ3n) is 4.44. The van der Waals surface area contributed by atoms with Crippen LogP contribution in [0.15, 0.2) is 4.74 Å². The van der Waals surface area contributed by atoms with Crippen LogP contribution in [-0.4, -0.2) is 46.6 Å². The van der Waals surface area contributed by atoms with Crippen LogP contribution in [0.1, 0.15) is 38.5 Å². The summed E-state index contributed by atoms with van der Waals surface area (Å²) in [6, 6.07) is -0.980. The molecule has 2 amide bonds. The fraction of sp³-hybridized carbons (Fsp3) is 0.846. The molecule has 1 heterocycles. The van der Waals surface area contributed by atoms with Gasteiger partial charge in [-0.25, -0.2) is 0 Å². The van der Waals surface area contributed by atoms with Crippen LogP contribution in [0.2, 0.25) is 0 Å². The van der Waals surface area contributed by atoms with E-state index in [2.05, 4.69) is 13.8 Å². The van der Waals surface area contributed by atoms with Gasteiger partial charge in [-0.3, -0.25) is 14.3 Å². The predicted octanol–water partition coefficient (Wildman–Crippen LogP) is 0.709. The Morgan fingerprint density at radius 3 is 2.45 bits per heavy atom. The molecule has 0 aromatic rings. The van der Waals surface area contributed by atoms with E-state index in [1.165, 1.54) is 0 Å². The Kier molecular flexibility index (Phi) is 5.11. The number of carbonyl (C=O) groups is 2. The van der Waals surface area contributed by atoms with Crippen molar-refractivity contribution in [1.29, 1.82) is 0 Å². The summed E-state index contributed by atoms with van der Waals surface area (Å²) in [7, 11) is 3.12. The quantitative estimate of drug-likeness (QED) is 0.748. The third-order valence-corrected chi connectivity index (χ3v) is 4.72. The molecule has 20 heavy (non-hydrogen) atoms. The summed E-state index contributed by atoms with van der Waals surface area (Å²) >= 11 is 0. The zero-order chi connectivity index (χ0) is 14.7. The van der Waals surface area contributed by atoms with Crippen molar-refractivity contribution in [1.82, 2.24) is 4.90 Å². The Bertz CT molecular complexity index is 396. The lowest BCUT2D eigenvalue weighted by Crippen LogP contribution is -2.49. The average Bonchev–Trinajstić information content (AvgIpc) is 2.91. The summed E-state index contributed by atoms with van der Waals surface area (Å²) < 4.78 is 4.06. The summed E-state index contributed by atoms with van der Waals surface area (Å²) in [4.78, 5) is 25.6. The number of hydrogen-bond donors (Lipinski definition) is 2. The molecule has 2 fully saturated rings. The molecule has 0 aromatic carbocycles. The van der Waals surface area contributed by atoms with Crippen molar-refractivity contribution in [3.63, 3.8) is 0 Å². The summed E-state index contributed by atoms with van der Waals surface area (Å²) in [6.45, 7) is 0.569. The molecule has 2 unspecified atom stereocenters. The van der Waals surface area contributed by atoms with Gasteiger partial charge in [0.05, 0.1) is 6.10 Å². The first-order chi connectivity index (χ1) is 9.54. The topological polar surface area (TPSA) is 96.0 Å². The minimum atomic E-state index is -0.493. The first-order valence-corrected chi connectivity index (χ1v) is 7.63. The van der Waals surface area contributed by atoms with Crippen LogP contribution in [0.3, 0.4) is 0 Å². The first kappa shape index (κ1) is 15.4. The average molecular weight is 299 g/mol. The highest BCUT2D eigenvalue weighted by Gasteiger charge is 2.39. The Balaban J connectivity index is 2.05. The van der Waals surface area contributed by atoms with E-state index in [0.29, 0.717) is 25.8 Å². The van der Waals surface area contributed by atoms with Gasteiger partial charge in [-0.2, -0.15) is 0 Å². The number of carbonyl (C=O) groups excluding carboxylic acids is 2. The lowest BCUT2D eigenvalue weighted by Gasteiger charge is -2.32. The number of rotatable bonds is 4. The minimum absolute atomic E-state index is 0.123. The molecule has 2 aliphatic rings. The van der Waals surface area contributed by atoms with Crippen LogP contribution >= 0.6 is 9.03 Å². The van der Waals surface area contributed by atoms with Crippen molar-refractivity contribution in [3.8, 4) is 0 Å². The number of primary amides is 1. The second kappa shape index (κ2) is 6.64. The highest BCUT2D eigenvalue weighted by atomic mass is 31.0. The van der Waals surface area contributed by atoms with Gasteiger partial charge in [-0.1, -0.05) is 0 Å². The third kappa shape index (κ3) is 3.18. The largest absolute Gasteiger partial charge is 0.393 e. The van der Waals surface area contributed by atoms with Gasteiger partial charge in [0.1, 0.15) is 12.1 Å². The van der Waals surface area contributed by atoms with Gasteiger partial charge in [0.2, 0.25) is 11.8 Å². The van der Waals surface area contributed by atoms with Gasteiger partial charge >= 0.3 is 0 Å². The molecule has 1 aliphatic heterocycles. The van der Waals surface area contributed by atoms with Gasteiger partial charge in [0.15, 0.2) is 0 Å². The molecule has 1 aliphatic carbocycles. The number of nitrogens with zero attached hydrogens (tertiary/aromatic N) is 2. The number of likely N-dealkylation sites (tertiary alicyclic amines) is 1. The number of amides is 2. The molecule has 0 radical (unpaired) electrons. The maximum atomic E-state index is 12.6. The van der Waals surface area contributed by atoms with Crippen LogP contribution in [0.25, 0.3) is 0 Å². The highest BCUT2D eigenvalue weighted by molar-refractivity contribution is 7.04. The van der Waals surface area contributed by atoms with E-state index in [1.54, 1.807) is 4.90 Å². The zero-order valence-corrected chi connectivity index (χ0v) is 12.5. The van der Waals surface area contributed by atoms with E-state index in [4.69, 9.17) is 5.73 Å². The van der Waals surface area contributed by atoms with E-state index in [1.807, 2.05) is 0 Å². The summed E-state index contributed by atoms with van der Waals surface area (Å²) in [5.41, 5.74) is 5.36. The van der Waals surface area contributed by atoms with Gasteiger partial charge in [0.25, 0.3) is 0 Å². The molecule has 3 N–H and O–H groups in total. The van der Waals surface area contributed by atoms with E-state index in [-0.39, 0.29) is 17.9 Å². The van der Waals surface area contributed by atoms with Crippen LogP contribution in [0, 0.1) is 5.92 Å². The Labute approximate surface area is 121 Å². The van der Waals surface area contributed by atoms with E-state index in [0.717, 1.165) is 19.3 Å². The number of nitrogens with two attached hydrogens (primary N) is 1. The van der Waals surface area contributed by atoms with Crippen molar-refractivity contribution < 1.29 is 14.7 Å². The van der Waals surface area contributed by atoms with Crippen LogP contribution in [0.5, 0.6) is 0 Å². The second-order valence-electron chi connectivity index (χ2n) is 5.73. The fourth-order valence-corrected chi connectivity index (χ4v) is 3.60. The lowest BCUT2D eigenvalue weighted by molar-refractivity contribution is -0.139. The number of aliphatic hydroxyl groups is 1. The molecule has 6 nitrogen and oxygen atoms in total. The summed E-state index contributed by atoms with van der Waals surface area (Å²) in [5, 5.41) is 9.55. The molecule has 0 aromatic heterocycles. The number of hydrogen-bond acceptors (Lipinski definition) is 4. The van der Waals surface area contributed by atoms with Gasteiger partial charge in [-0.05, 0) is 53.5 Å². The van der Waals surface area contributed by atoms with E-state index in [9.17, 15) is 14.7 Å². The van der Waals surface area contributed by atoms with Gasteiger partial charge < -0.3 is 15.7 Å². The monoisotopic (exact) mass is 299 g/mol. The van der Waals surface area contributed by atoms with E-state index >= 15 is 0 Å². The van der Waals surface area contributed by atoms with Crippen LogP contribution in [-0.2, 0) is 9.59 Å². The molecular weight excluding hydrogens is 277 g/mol. The molecule has 7 heteroatoms. The summed E-state index contributed by atoms with van der Waals surface area (Å²) in [5.74, 6) is -0.442. The molecule has 2 atom stereocenters. The van der Waals surface area contributed by atoms with Crippen molar-refractivity contribution in [2.24, 2.45) is 16.4 Å². The number of aliphatic hydroxyl groups excluding tert-OH is 1. The van der Waals surface area contributed by atoms with Gasteiger partial charge in [-0.15, -0.1) is 0 Å². The Hall–Kier alpha value is -1.00. The predicted molar refractivity (Wildman–Crippen MR) is 76.4 cm³/mol. The molecular formula is C13H22N3O3P. The zero-order valence-electron chi connectivity index (χ0n) is 11.5. The first-order valence-electron chi connectivity index (χ1n) is 7.19. The van der Waals surface area contributed by atoms with E-state index < -0.39 is 18.0 Å². The van der Waals surface area contributed by atoms with Crippen molar-refractivity contribution >= 4 is 20.8 Å². The molecule has 1 saturated carbocycles. The fourth-order valence-electron chi connectivity index (χ4n) is 3.28. The van der Waals surface area contributed by atoms with Gasteiger partial charge in [0, 0.05) is 6.54 Å². The maximum absolute atomic E-state index is 12.6. The molecule has 2 rings (SSSR count). The smallest absolute Gasteiger partial charge is 0.248 e.